The monoisotopic (exact) mass is 254 g/mol. The molecule has 0 aliphatic heterocycles. The first-order valence-corrected chi connectivity index (χ1v) is 5.11. The van der Waals surface area contributed by atoms with E-state index in [0.717, 1.165) is 16.7 Å². The number of aryl methyl sites for hydroxylation is 1. The van der Waals surface area contributed by atoms with Crippen molar-refractivity contribution < 1.29 is 14.5 Å². The van der Waals surface area contributed by atoms with Gasteiger partial charge < -0.3 is 0 Å². The first kappa shape index (κ1) is 11.1. The summed E-state index contributed by atoms with van der Waals surface area (Å²) in [6.07, 6.45) is -3.27. The van der Waals surface area contributed by atoms with E-state index in [1.807, 2.05) is 0 Å². The van der Waals surface area contributed by atoms with Gasteiger partial charge in [0, 0.05) is 13.6 Å². The number of para-hydroxylation sites is 1. The van der Waals surface area contributed by atoms with E-state index in [1.165, 1.54) is 30.5 Å². The zero-order valence-corrected chi connectivity index (χ0v) is 9.24. The highest BCUT2D eigenvalue weighted by atomic mass is 19.4. The molecule has 1 aromatic carbocycles. The SMILES string of the molecule is [2H]Cc1ccc(=O)n(-c2ccccc2C(F)(F)F)c1. The number of alkyl halides is 3. The fraction of sp³-hybridized carbons (Fsp3) is 0.154. The van der Waals surface area contributed by atoms with Gasteiger partial charge in [0.2, 0.25) is 0 Å². The highest BCUT2D eigenvalue weighted by Crippen LogP contribution is 2.33. The average molecular weight is 254 g/mol. The summed E-state index contributed by atoms with van der Waals surface area (Å²) in [5.41, 5.74) is -1.19. The molecular formula is C13H10F3NO. The Kier molecular flexibility index (Phi) is 2.66. The lowest BCUT2D eigenvalue weighted by Gasteiger charge is -2.14. The van der Waals surface area contributed by atoms with Crippen molar-refractivity contribution in [3.05, 3.63) is 64.1 Å². The third-order valence-corrected chi connectivity index (χ3v) is 2.44. The number of hydrogen-bond donors (Lipinski definition) is 0. The molecule has 0 amide bonds. The molecule has 94 valence electrons. The van der Waals surface area contributed by atoms with Gasteiger partial charge in [-0.1, -0.05) is 18.2 Å². The molecule has 2 aromatic rings. The van der Waals surface area contributed by atoms with Gasteiger partial charge in [0.05, 0.1) is 11.3 Å². The van der Waals surface area contributed by atoms with E-state index >= 15 is 0 Å². The van der Waals surface area contributed by atoms with Crippen molar-refractivity contribution in [1.29, 1.82) is 0 Å². The quantitative estimate of drug-likeness (QED) is 0.766. The minimum absolute atomic E-state index is 0.103. The van der Waals surface area contributed by atoms with Crippen LogP contribution in [-0.4, -0.2) is 4.57 Å². The smallest absolute Gasteiger partial charge is 0.283 e. The first-order chi connectivity index (χ1) is 8.93. The van der Waals surface area contributed by atoms with E-state index < -0.39 is 17.3 Å². The molecule has 0 saturated carbocycles. The Morgan fingerprint density at radius 3 is 2.56 bits per heavy atom. The summed E-state index contributed by atoms with van der Waals surface area (Å²) < 4.78 is 46.8. The van der Waals surface area contributed by atoms with Crippen LogP contribution in [0.5, 0.6) is 0 Å². The second kappa shape index (κ2) is 4.33. The summed E-state index contributed by atoms with van der Waals surface area (Å²) in [6.45, 7) is -0.103. The van der Waals surface area contributed by atoms with Crippen molar-refractivity contribution in [3.63, 3.8) is 0 Å². The van der Waals surface area contributed by atoms with Gasteiger partial charge in [-0.3, -0.25) is 9.36 Å². The summed E-state index contributed by atoms with van der Waals surface area (Å²) in [5.74, 6) is 0. The Bertz CT molecular complexity index is 649. The predicted octanol–water partition coefficient (Wildman–Crippen LogP) is 3.16. The van der Waals surface area contributed by atoms with E-state index in [4.69, 9.17) is 1.37 Å². The van der Waals surface area contributed by atoms with Gasteiger partial charge >= 0.3 is 6.18 Å². The van der Waals surface area contributed by atoms with E-state index in [9.17, 15) is 18.0 Å². The molecule has 0 atom stereocenters. The molecule has 1 aromatic heterocycles. The van der Waals surface area contributed by atoms with Crippen LogP contribution < -0.4 is 5.56 Å². The van der Waals surface area contributed by atoms with Crippen molar-refractivity contribution in [2.24, 2.45) is 0 Å². The van der Waals surface area contributed by atoms with Crippen molar-refractivity contribution in [2.45, 2.75) is 13.1 Å². The molecule has 0 unspecified atom stereocenters. The van der Waals surface area contributed by atoms with Crippen LogP contribution in [0.3, 0.4) is 0 Å². The Morgan fingerprint density at radius 2 is 1.89 bits per heavy atom. The van der Waals surface area contributed by atoms with Gasteiger partial charge in [0.15, 0.2) is 0 Å². The second-order valence-electron chi connectivity index (χ2n) is 3.76. The summed E-state index contributed by atoms with van der Waals surface area (Å²) >= 11 is 0. The van der Waals surface area contributed by atoms with Crippen LogP contribution in [0.15, 0.2) is 47.4 Å². The molecule has 0 saturated heterocycles. The number of rotatable bonds is 1. The third-order valence-electron chi connectivity index (χ3n) is 2.44. The largest absolute Gasteiger partial charge is 0.418 e. The molecule has 0 fully saturated rings. The van der Waals surface area contributed by atoms with Crippen molar-refractivity contribution in [3.8, 4) is 5.69 Å². The number of aromatic nitrogens is 1. The van der Waals surface area contributed by atoms with Crippen LogP contribution in [0.2, 0.25) is 0 Å². The minimum Gasteiger partial charge on any atom is -0.283 e. The number of nitrogens with zero attached hydrogens (tertiary/aromatic N) is 1. The Labute approximate surface area is 103 Å². The highest BCUT2D eigenvalue weighted by Gasteiger charge is 2.33. The van der Waals surface area contributed by atoms with Gasteiger partial charge in [-0.2, -0.15) is 13.2 Å². The number of benzene rings is 1. The molecule has 0 bridgehead atoms. The molecule has 0 N–H and O–H groups in total. The fourth-order valence-corrected chi connectivity index (χ4v) is 1.64. The van der Waals surface area contributed by atoms with Gasteiger partial charge in [0.25, 0.3) is 5.56 Å². The van der Waals surface area contributed by atoms with Crippen LogP contribution in [0.1, 0.15) is 12.5 Å². The van der Waals surface area contributed by atoms with Crippen LogP contribution in [-0.2, 0) is 6.18 Å². The Balaban J connectivity index is 2.69. The molecule has 2 rings (SSSR count). The normalized spacial score (nSPS) is 12.3. The summed E-state index contributed by atoms with van der Waals surface area (Å²) in [4.78, 5) is 11.7. The zero-order chi connectivity index (χ0) is 14.0. The van der Waals surface area contributed by atoms with Gasteiger partial charge in [-0.15, -0.1) is 0 Å². The van der Waals surface area contributed by atoms with Crippen molar-refractivity contribution in [1.82, 2.24) is 4.57 Å². The van der Waals surface area contributed by atoms with Crippen LogP contribution in [0, 0.1) is 6.90 Å². The maximum atomic E-state index is 12.9. The second-order valence-corrected chi connectivity index (χ2v) is 3.76. The van der Waals surface area contributed by atoms with Crippen molar-refractivity contribution >= 4 is 0 Å². The standard InChI is InChI=1S/C13H10F3NO/c1-9-6-7-12(18)17(8-9)11-5-3-2-4-10(11)13(14,15)16/h2-8H,1H3/i1D. The minimum atomic E-state index is -4.53. The van der Waals surface area contributed by atoms with Crippen LogP contribution in [0.4, 0.5) is 13.2 Å². The Morgan fingerprint density at radius 1 is 1.17 bits per heavy atom. The maximum Gasteiger partial charge on any atom is 0.418 e. The first-order valence-electron chi connectivity index (χ1n) is 5.81. The van der Waals surface area contributed by atoms with Gasteiger partial charge in [-0.05, 0) is 24.6 Å². The third kappa shape index (κ3) is 2.30. The molecule has 0 aliphatic carbocycles. The van der Waals surface area contributed by atoms with Crippen molar-refractivity contribution in [2.75, 3.05) is 0 Å². The summed E-state index contributed by atoms with van der Waals surface area (Å²) in [6, 6.07) is 7.46. The topological polar surface area (TPSA) is 22.0 Å². The van der Waals surface area contributed by atoms with E-state index in [1.54, 1.807) is 0 Å². The molecule has 0 aliphatic rings. The fourth-order valence-electron chi connectivity index (χ4n) is 1.64. The number of hydrogen-bond acceptors (Lipinski definition) is 1. The molecule has 1 heterocycles. The van der Waals surface area contributed by atoms with Crippen LogP contribution >= 0.6 is 0 Å². The molecule has 0 spiro atoms. The molecular weight excluding hydrogens is 243 g/mol. The Hall–Kier alpha value is -2.04. The lowest BCUT2D eigenvalue weighted by atomic mass is 10.1. The lowest BCUT2D eigenvalue weighted by Crippen LogP contribution is -2.20. The average Bonchev–Trinajstić information content (AvgIpc) is 2.38. The van der Waals surface area contributed by atoms with E-state index in [2.05, 4.69) is 0 Å². The molecule has 0 radical (unpaired) electrons. The summed E-state index contributed by atoms with van der Waals surface area (Å²) in [5, 5.41) is 0. The molecule has 18 heavy (non-hydrogen) atoms. The predicted molar refractivity (Wildman–Crippen MR) is 61.8 cm³/mol. The number of pyridine rings is 1. The van der Waals surface area contributed by atoms with Gasteiger partial charge in [0.1, 0.15) is 0 Å². The van der Waals surface area contributed by atoms with Crippen LogP contribution in [0.25, 0.3) is 5.69 Å². The molecule has 2 nitrogen and oxygen atoms in total. The zero-order valence-electron chi connectivity index (χ0n) is 10.2. The summed E-state index contributed by atoms with van der Waals surface area (Å²) in [7, 11) is 0. The lowest BCUT2D eigenvalue weighted by molar-refractivity contribution is -0.137. The molecule has 5 heteroatoms. The number of halogens is 3. The van der Waals surface area contributed by atoms with E-state index in [0.29, 0.717) is 5.56 Å². The van der Waals surface area contributed by atoms with E-state index in [-0.39, 0.29) is 12.6 Å². The van der Waals surface area contributed by atoms with Gasteiger partial charge in [-0.25, -0.2) is 0 Å². The maximum absolute atomic E-state index is 12.9. The highest BCUT2D eigenvalue weighted by molar-refractivity contribution is 5.43.